The quantitative estimate of drug-likeness (QED) is 0.0887. The third-order valence-corrected chi connectivity index (χ3v) is 11.4. The summed E-state index contributed by atoms with van der Waals surface area (Å²) < 4.78 is 79.6. The Labute approximate surface area is 357 Å². The van der Waals surface area contributed by atoms with Gasteiger partial charge in [-0.05, 0) is 36.1 Å². The Balaban J connectivity index is 0.000000150. The van der Waals surface area contributed by atoms with E-state index in [0.717, 1.165) is 68.9 Å². The zero-order valence-corrected chi connectivity index (χ0v) is 35.5. The van der Waals surface area contributed by atoms with Crippen molar-refractivity contribution in [3.63, 3.8) is 0 Å². The summed E-state index contributed by atoms with van der Waals surface area (Å²) in [6.45, 7) is 4.19. The van der Waals surface area contributed by atoms with Gasteiger partial charge in [-0.2, -0.15) is 67.9 Å². The summed E-state index contributed by atoms with van der Waals surface area (Å²) in [5, 5.41) is 6.60. The van der Waals surface area contributed by atoms with Crippen molar-refractivity contribution < 1.29 is 52.5 Å². The number of hydrogen-bond acceptors (Lipinski definition) is 0. The van der Waals surface area contributed by atoms with E-state index >= 15 is 0 Å². The van der Waals surface area contributed by atoms with E-state index in [4.69, 9.17) is 0 Å². The molecule has 1 aliphatic heterocycles. The van der Waals surface area contributed by atoms with Crippen LogP contribution >= 0.6 is 0 Å². The molecule has 0 aromatic heterocycles. The maximum Gasteiger partial charge on any atom is 3.00 e. The zero-order valence-electron chi connectivity index (χ0n) is 32.0. The summed E-state index contributed by atoms with van der Waals surface area (Å²) >= 11 is 0. The van der Waals surface area contributed by atoms with Crippen molar-refractivity contribution in [2.75, 3.05) is 0 Å². The molecule has 0 spiro atoms. The van der Waals surface area contributed by atoms with Crippen LogP contribution < -0.4 is 10.4 Å². The first kappa shape index (κ1) is 42.8. The summed E-state index contributed by atoms with van der Waals surface area (Å²) in [6.07, 6.45) is -4.78. The Morgan fingerprint density at radius 3 is 1.41 bits per heavy atom. The van der Waals surface area contributed by atoms with Crippen LogP contribution in [0.2, 0.25) is 0 Å². The molecule has 8 aromatic carbocycles. The van der Waals surface area contributed by atoms with E-state index < -0.39 is 23.5 Å². The van der Waals surface area contributed by atoms with E-state index in [9.17, 15) is 26.3 Å². The predicted octanol–water partition coefficient (Wildman–Crippen LogP) is 13.5. The molecule has 289 valence electrons. The molecule has 0 N–H and O–H groups in total. The van der Waals surface area contributed by atoms with Gasteiger partial charge in [0.2, 0.25) is 0 Å². The van der Waals surface area contributed by atoms with Gasteiger partial charge in [0, 0.05) is 0 Å². The molecule has 0 fully saturated rings. The first-order valence-corrected chi connectivity index (χ1v) is 20.0. The van der Waals surface area contributed by atoms with Crippen LogP contribution in [-0.4, -0.2) is 9.52 Å². The maximum absolute atomic E-state index is 13.3. The second-order valence-corrected chi connectivity index (χ2v) is 15.3. The Morgan fingerprint density at radius 2 is 0.931 bits per heavy atom. The van der Waals surface area contributed by atoms with Gasteiger partial charge in [0.15, 0.2) is 0 Å². The average Bonchev–Trinajstić information content (AvgIpc) is 3.93. The third kappa shape index (κ3) is 9.40. The molecule has 58 heavy (non-hydrogen) atoms. The van der Waals surface area contributed by atoms with Crippen molar-refractivity contribution in [1.29, 1.82) is 0 Å². The summed E-state index contributed by atoms with van der Waals surface area (Å²) in [6, 6.07) is 49.0. The Bertz CT molecular complexity index is 2450. The monoisotopic (exact) mass is 871 g/mol. The number of fused-ring (bicyclic) bond motifs is 5. The fourth-order valence-corrected chi connectivity index (χ4v) is 8.90. The fourth-order valence-electron chi connectivity index (χ4n) is 7.59. The minimum atomic E-state index is -4.35. The number of rotatable bonds is 6. The van der Waals surface area contributed by atoms with Gasteiger partial charge in [0.1, 0.15) is 0 Å². The van der Waals surface area contributed by atoms with Crippen molar-refractivity contribution in [3.8, 4) is 33.4 Å². The van der Waals surface area contributed by atoms with Gasteiger partial charge in [-0.15, -0.1) is 74.6 Å². The van der Waals surface area contributed by atoms with Crippen molar-refractivity contribution in [2.45, 2.75) is 51.9 Å². The molecule has 9 rings (SSSR count). The van der Waals surface area contributed by atoms with Gasteiger partial charge >= 0.3 is 38.6 Å². The van der Waals surface area contributed by atoms with Crippen LogP contribution in [-0.2, 0) is 51.4 Å². The van der Waals surface area contributed by atoms with Crippen LogP contribution in [0.5, 0.6) is 0 Å². The Kier molecular flexibility index (Phi) is 13.6. The third-order valence-electron chi connectivity index (χ3n) is 10.1. The van der Waals surface area contributed by atoms with Crippen molar-refractivity contribution >= 4 is 41.4 Å². The topological polar surface area (TPSA) is 0 Å². The summed E-state index contributed by atoms with van der Waals surface area (Å²) in [5.74, 6) is 0. The normalized spacial score (nSPS) is 11.9. The predicted molar refractivity (Wildman–Crippen MR) is 224 cm³/mol. The van der Waals surface area contributed by atoms with Crippen molar-refractivity contribution in [2.24, 2.45) is 0 Å². The molecular weight excluding hydrogens is 834 g/mol. The van der Waals surface area contributed by atoms with E-state index in [2.05, 4.69) is 68.4 Å². The molecule has 8 heteroatoms. The maximum atomic E-state index is 13.3. The molecule has 0 atom stereocenters. The second-order valence-electron chi connectivity index (χ2n) is 14.1. The molecule has 1 heterocycles. The van der Waals surface area contributed by atoms with Gasteiger partial charge in [0.05, 0.1) is 20.6 Å². The number of benzene rings is 6. The summed E-state index contributed by atoms with van der Waals surface area (Å²) in [7, 11) is 0.795. The molecule has 0 unspecified atom stereocenters. The SMILES string of the molecule is CCCc1cc2c(-c3ccccc3C(F)(F)F)cccc2[cH-]1.CCCc1cc2c(-c3ccccc3C(F)(F)F)cccc2[cH-]1.[Zr+3].[c-]1cccc2c1[Si]c1ccccc1-2. The second kappa shape index (κ2) is 18.4. The van der Waals surface area contributed by atoms with E-state index in [1.54, 1.807) is 36.4 Å². The Hall–Kier alpha value is -4.78. The number of aryl methyl sites for hydroxylation is 2. The molecule has 0 saturated heterocycles. The Morgan fingerprint density at radius 1 is 0.500 bits per heavy atom. The summed E-state index contributed by atoms with van der Waals surface area (Å²) in [5.41, 5.74) is 5.73. The largest absolute Gasteiger partial charge is 3.00 e. The summed E-state index contributed by atoms with van der Waals surface area (Å²) in [4.78, 5) is 0. The van der Waals surface area contributed by atoms with E-state index in [1.807, 2.05) is 42.5 Å². The van der Waals surface area contributed by atoms with Crippen molar-refractivity contribution in [1.82, 2.24) is 0 Å². The van der Waals surface area contributed by atoms with Crippen LogP contribution in [0.3, 0.4) is 0 Å². The first-order valence-electron chi connectivity index (χ1n) is 19.0. The zero-order chi connectivity index (χ0) is 40.2. The molecule has 0 aliphatic carbocycles. The molecule has 0 bridgehead atoms. The molecular formula is C50H39F6SiZr. The molecule has 0 nitrogen and oxygen atoms in total. The van der Waals surface area contributed by atoms with Crippen LogP contribution in [0.25, 0.3) is 54.9 Å². The van der Waals surface area contributed by atoms with Gasteiger partial charge < -0.3 is 0 Å². The molecule has 0 saturated carbocycles. The van der Waals surface area contributed by atoms with Crippen LogP contribution in [0.15, 0.2) is 152 Å². The van der Waals surface area contributed by atoms with Gasteiger partial charge in [0.25, 0.3) is 0 Å². The van der Waals surface area contributed by atoms with Crippen molar-refractivity contribution in [3.05, 3.63) is 180 Å². The van der Waals surface area contributed by atoms with Crippen LogP contribution in [0.4, 0.5) is 26.3 Å². The van der Waals surface area contributed by atoms with Gasteiger partial charge in [-0.1, -0.05) is 121 Å². The fraction of sp³-hybridized carbons (Fsp3) is 0.160. The van der Waals surface area contributed by atoms with E-state index in [1.165, 1.54) is 44.8 Å². The number of alkyl halides is 6. The smallest absolute Gasteiger partial charge is 0.184 e. The molecule has 3 radical (unpaired) electrons. The van der Waals surface area contributed by atoms with Gasteiger partial charge in [-0.3, -0.25) is 0 Å². The van der Waals surface area contributed by atoms with Crippen LogP contribution in [0, 0.1) is 6.07 Å². The average molecular weight is 873 g/mol. The van der Waals surface area contributed by atoms with E-state index in [-0.39, 0.29) is 37.3 Å². The number of halogens is 6. The van der Waals surface area contributed by atoms with E-state index in [0.29, 0.717) is 11.1 Å². The minimum Gasteiger partial charge on any atom is -0.184 e. The van der Waals surface area contributed by atoms with Crippen LogP contribution in [0.1, 0.15) is 48.9 Å². The first-order chi connectivity index (χ1) is 27.5. The molecule has 8 aromatic rings. The minimum absolute atomic E-state index is 0. The standard InChI is InChI=1S/2C19H16F3.C12H7Si.Zr/c2*1-2-6-13-11-14-7-5-9-15(17(14)12-13)16-8-3-4-10-18(16)19(20,21)22;1-3-7-11-9(5-1)10-6-2-4-8-12(10)13-11;/h2*3-5,7-12H,2,6H2,1H3;1-7H;/q3*-1;+3. The molecule has 1 aliphatic rings. The van der Waals surface area contributed by atoms with Gasteiger partial charge in [-0.25, -0.2) is 0 Å². The number of hydrogen-bond donors (Lipinski definition) is 0. The molecule has 0 amide bonds.